The molecule has 100 valence electrons. The summed E-state index contributed by atoms with van der Waals surface area (Å²) >= 11 is 0. The summed E-state index contributed by atoms with van der Waals surface area (Å²) in [4.78, 5) is 15.6. The number of halogens is 1. The molecule has 0 fully saturated rings. The average molecular weight is 255 g/mol. The maximum Gasteiger partial charge on any atom is 0.314 e. The number of rotatable bonds is 4. The second kappa shape index (κ2) is 5.02. The van der Waals surface area contributed by atoms with Gasteiger partial charge in [-0.25, -0.2) is 4.39 Å². The topological polar surface area (TPSA) is 59.4 Å². The first-order valence-corrected chi connectivity index (χ1v) is 5.74. The van der Waals surface area contributed by atoms with E-state index in [9.17, 15) is 14.3 Å². The van der Waals surface area contributed by atoms with Crippen LogP contribution >= 0.6 is 0 Å². The quantitative estimate of drug-likeness (QED) is 0.836. The summed E-state index contributed by atoms with van der Waals surface area (Å²) in [6, 6.07) is 1.16. The van der Waals surface area contributed by atoms with E-state index in [-0.39, 0.29) is 12.2 Å². The molecule has 0 aliphatic rings. The van der Waals surface area contributed by atoms with Crippen molar-refractivity contribution in [3.05, 3.63) is 29.8 Å². The molecule has 1 N–H and O–H groups in total. The van der Waals surface area contributed by atoms with Gasteiger partial charge in [-0.05, 0) is 33.8 Å². The molecule has 18 heavy (non-hydrogen) atoms. The smallest absolute Gasteiger partial charge is 0.314 e. The molecular formula is C13H18FNO3. The Hall–Kier alpha value is -1.49. The van der Waals surface area contributed by atoms with Crippen molar-refractivity contribution in [1.29, 1.82) is 0 Å². The lowest BCUT2D eigenvalue weighted by Crippen LogP contribution is -2.46. The minimum atomic E-state index is -1.58. The van der Waals surface area contributed by atoms with E-state index in [1.54, 1.807) is 20.8 Å². The predicted molar refractivity (Wildman–Crippen MR) is 64.2 cm³/mol. The van der Waals surface area contributed by atoms with Crippen LogP contribution in [0.3, 0.4) is 0 Å². The predicted octanol–water partition coefficient (Wildman–Crippen LogP) is 2.02. The molecule has 0 saturated heterocycles. The number of hydrogen-bond acceptors (Lipinski definition) is 4. The fourth-order valence-electron chi connectivity index (χ4n) is 1.55. The monoisotopic (exact) mass is 255 g/mol. The van der Waals surface area contributed by atoms with Gasteiger partial charge >= 0.3 is 5.97 Å². The van der Waals surface area contributed by atoms with Gasteiger partial charge in [0.25, 0.3) is 0 Å². The second-order valence-corrected chi connectivity index (χ2v) is 4.81. The highest BCUT2D eigenvalue weighted by molar-refractivity contribution is 5.77. The molecule has 4 nitrogen and oxygen atoms in total. The lowest BCUT2D eigenvalue weighted by atomic mass is 9.72. The molecule has 5 heteroatoms. The highest BCUT2D eigenvalue weighted by Crippen LogP contribution is 2.40. The Kier molecular flexibility index (Phi) is 4.06. The Bertz CT molecular complexity index is 444. The van der Waals surface area contributed by atoms with E-state index in [0.29, 0.717) is 0 Å². The van der Waals surface area contributed by atoms with Gasteiger partial charge < -0.3 is 9.84 Å². The number of pyridine rings is 1. The number of carbonyl (C=O) groups excluding carboxylic acids is 1. The van der Waals surface area contributed by atoms with Crippen LogP contribution < -0.4 is 0 Å². The Morgan fingerprint density at radius 3 is 2.56 bits per heavy atom. The van der Waals surface area contributed by atoms with E-state index in [0.717, 1.165) is 12.3 Å². The van der Waals surface area contributed by atoms with Crippen LogP contribution in [0.4, 0.5) is 4.39 Å². The summed E-state index contributed by atoms with van der Waals surface area (Å²) in [6.45, 7) is 6.46. The van der Waals surface area contributed by atoms with Gasteiger partial charge in [0.1, 0.15) is 11.4 Å². The largest absolute Gasteiger partial charge is 0.465 e. The van der Waals surface area contributed by atoms with Gasteiger partial charge in [-0.3, -0.25) is 9.78 Å². The van der Waals surface area contributed by atoms with Crippen LogP contribution in [-0.2, 0) is 15.1 Å². The molecule has 0 aliphatic carbocycles. The number of aliphatic hydroxyl groups is 1. The van der Waals surface area contributed by atoms with Crippen LogP contribution in [0.25, 0.3) is 0 Å². The number of ether oxygens (including phenoxy) is 1. The van der Waals surface area contributed by atoms with Crippen molar-refractivity contribution in [3.8, 4) is 0 Å². The van der Waals surface area contributed by atoms with Crippen molar-refractivity contribution in [2.24, 2.45) is 5.41 Å². The standard InChI is InChI=1S/C13H18FNO3/c1-5-18-11(16)12(2,3)13(4,17)9-6-10(14)8-15-7-9/h6-8,17H,5H2,1-4H3. The van der Waals surface area contributed by atoms with E-state index in [2.05, 4.69) is 4.98 Å². The Morgan fingerprint density at radius 1 is 1.44 bits per heavy atom. The molecule has 1 heterocycles. The van der Waals surface area contributed by atoms with Crippen LogP contribution in [0.15, 0.2) is 18.5 Å². The zero-order valence-corrected chi connectivity index (χ0v) is 11.0. The molecule has 1 aromatic heterocycles. The molecule has 0 aliphatic heterocycles. The van der Waals surface area contributed by atoms with Gasteiger partial charge in [0, 0.05) is 11.8 Å². The molecule has 0 bridgehead atoms. The van der Waals surface area contributed by atoms with Crippen molar-refractivity contribution >= 4 is 5.97 Å². The Balaban J connectivity index is 3.16. The second-order valence-electron chi connectivity index (χ2n) is 4.81. The highest BCUT2D eigenvalue weighted by Gasteiger charge is 2.48. The molecule has 0 saturated carbocycles. The maximum atomic E-state index is 13.1. The van der Waals surface area contributed by atoms with Crippen molar-refractivity contribution in [2.45, 2.75) is 33.3 Å². The highest BCUT2D eigenvalue weighted by atomic mass is 19.1. The molecule has 0 spiro atoms. The lowest BCUT2D eigenvalue weighted by molar-refractivity contribution is -0.170. The van der Waals surface area contributed by atoms with Gasteiger partial charge in [0.05, 0.1) is 18.2 Å². The average Bonchev–Trinajstić information content (AvgIpc) is 2.29. The van der Waals surface area contributed by atoms with E-state index >= 15 is 0 Å². The van der Waals surface area contributed by atoms with Crippen molar-refractivity contribution < 1.29 is 19.0 Å². The lowest BCUT2D eigenvalue weighted by Gasteiger charge is -2.37. The Morgan fingerprint density at radius 2 is 2.06 bits per heavy atom. The van der Waals surface area contributed by atoms with E-state index in [4.69, 9.17) is 4.74 Å². The third-order valence-electron chi connectivity index (χ3n) is 3.27. The van der Waals surface area contributed by atoms with Gasteiger partial charge in [-0.1, -0.05) is 0 Å². The minimum absolute atomic E-state index is 0.222. The summed E-state index contributed by atoms with van der Waals surface area (Å²) in [5, 5.41) is 10.5. The van der Waals surface area contributed by atoms with Gasteiger partial charge in [-0.15, -0.1) is 0 Å². The summed E-state index contributed by atoms with van der Waals surface area (Å²) in [6.07, 6.45) is 2.38. The van der Waals surface area contributed by atoms with Crippen LogP contribution in [0, 0.1) is 11.2 Å². The van der Waals surface area contributed by atoms with Crippen molar-refractivity contribution in [3.63, 3.8) is 0 Å². The first kappa shape index (κ1) is 14.6. The third kappa shape index (κ3) is 2.51. The van der Waals surface area contributed by atoms with Gasteiger partial charge in [-0.2, -0.15) is 0 Å². The molecule has 1 aromatic rings. The third-order valence-corrected chi connectivity index (χ3v) is 3.27. The molecule has 1 unspecified atom stereocenters. The summed E-state index contributed by atoms with van der Waals surface area (Å²) < 4.78 is 18.1. The van der Waals surface area contributed by atoms with E-state index in [1.807, 2.05) is 0 Å². The summed E-state index contributed by atoms with van der Waals surface area (Å²) in [5.74, 6) is -1.10. The molecular weight excluding hydrogens is 237 g/mol. The Labute approximate surface area is 106 Å². The van der Waals surface area contributed by atoms with Crippen molar-refractivity contribution in [2.75, 3.05) is 6.61 Å². The maximum absolute atomic E-state index is 13.1. The van der Waals surface area contributed by atoms with Crippen LogP contribution in [0.5, 0.6) is 0 Å². The van der Waals surface area contributed by atoms with E-state index in [1.165, 1.54) is 13.1 Å². The van der Waals surface area contributed by atoms with Crippen LogP contribution in [0.1, 0.15) is 33.3 Å². The number of hydrogen-bond donors (Lipinski definition) is 1. The summed E-state index contributed by atoms with van der Waals surface area (Å²) in [5.41, 5.74) is -2.55. The summed E-state index contributed by atoms with van der Waals surface area (Å²) in [7, 11) is 0. The number of esters is 1. The molecule has 0 amide bonds. The first-order chi connectivity index (χ1) is 8.23. The van der Waals surface area contributed by atoms with Crippen LogP contribution in [-0.4, -0.2) is 22.7 Å². The molecule has 1 atom stereocenters. The van der Waals surface area contributed by atoms with Crippen molar-refractivity contribution in [1.82, 2.24) is 4.98 Å². The fraction of sp³-hybridized carbons (Fsp3) is 0.538. The van der Waals surface area contributed by atoms with E-state index < -0.39 is 22.8 Å². The molecule has 0 radical (unpaired) electrons. The number of carbonyl (C=O) groups is 1. The zero-order chi connectivity index (χ0) is 14.0. The molecule has 0 aromatic carbocycles. The SMILES string of the molecule is CCOC(=O)C(C)(C)C(C)(O)c1cncc(F)c1. The fourth-order valence-corrected chi connectivity index (χ4v) is 1.55. The first-order valence-electron chi connectivity index (χ1n) is 5.74. The minimum Gasteiger partial charge on any atom is -0.465 e. The van der Waals surface area contributed by atoms with Gasteiger partial charge in [0.2, 0.25) is 0 Å². The van der Waals surface area contributed by atoms with Crippen LogP contribution in [0.2, 0.25) is 0 Å². The zero-order valence-electron chi connectivity index (χ0n) is 11.0. The number of nitrogens with zero attached hydrogens (tertiary/aromatic N) is 1. The normalized spacial score (nSPS) is 15.0. The number of aromatic nitrogens is 1. The molecule has 1 rings (SSSR count). The van der Waals surface area contributed by atoms with Gasteiger partial charge in [0.15, 0.2) is 0 Å².